The van der Waals surface area contributed by atoms with Gasteiger partial charge in [-0.25, -0.2) is 4.57 Å². The number of allylic oxidation sites excluding steroid dienone is 9. The van der Waals surface area contributed by atoms with E-state index >= 15 is 0 Å². The molecule has 0 aromatic carbocycles. The van der Waals surface area contributed by atoms with Crippen molar-refractivity contribution in [3.8, 4) is 0 Å². The molecule has 360 valence electrons. The highest BCUT2D eigenvalue weighted by atomic mass is 31.2. The van der Waals surface area contributed by atoms with Crippen molar-refractivity contribution in [1.82, 2.24) is 5.32 Å². The van der Waals surface area contributed by atoms with Gasteiger partial charge in [-0.3, -0.25) is 18.6 Å². The largest absolute Gasteiger partial charge is 0.472 e. The molecule has 0 bridgehead atoms. The molecule has 0 aliphatic rings. The Hall–Kier alpha value is -2.29. The quantitative estimate of drug-likeness (QED) is 0.0206. The van der Waals surface area contributed by atoms with Crippen LogP contribution in [0.1, 0.15) is 207 Å². The van der Waals surface area contributed by atoms with Crippen LogP contribution in [0.4, 0.5) is 0 Å². The lowest BCUT2D eigenvalue weighted by Gasteiger charge is -2.27. The second kappa shape index (κ2) is 42.6. The molecule has 0 saturated heterocycles. The van der Waals surface area contributed by atoms with Gasteiger partial charge in [0.25, 0.3) is 0 Å². The molecule has 0 aliphatic heterocycles. The van der Waals surface area contributed by atoms with E-state index in [1.165, 1.54) is 57.8 Å². The number of unbranched alkanes of at least 4 members (excludes halogenated alkanes) is 20. The number of amides is 1. The predicted octanol–water partition coefficient (Wildman–Crippen LogP) is 14.4. The van der Waals surface area contributed by atoms with Crippen LogP contribution >= 0.6 is 7.82 Å². The summed E-state index contributed by atoms with van der Waals surface area (Å²) in [6, 6.07) is -0.859. The Morgan fingerprint density at radius 3 is 1.61 bits per heavy atom. The number of ether oxygens (including phenoxy) is 1. The van der Waals surface area contributed by atoms with E-state index in [0.717, 1.165) is 109 Å². The summed E-state index contributed by atoms with van der Waals surface area (Å²) in [4.78, 5) is 37.3. The molecule has 0 radical (unpaired) electrons. The van der Waals surface area contributed by atoms with Gasteiger partial charge in [0.2, 0.25) is 5.91 Å². The molecule has 0 fully saturated rings. The van der Waals surface area contributed by atoms with Crippen LogP contribution in [0, 0.1) is 0 Å². The van der Waals surface area contributed by atoms with Gasteiger partial charge in [0.15, 0.2) is 0 Å². The molecule has 9 nitrogen and oxygen atoms in total. The van der Waals surface area contributed by atoms with Gasteiger partial charge in [0, 0.05) is 12.8 Å². The summed E-state index contributed by atoms with van der Waals surface area (Å²) in [6.07, 6.45) is 50.7. The van der Waals surface area contributed by atoms with Crippen molar-refractivity contribution in [3.63, 3.8) is 0 Å². The standard InChI is InChI=1S/C52H95N2O7P/c1-7-10-13-16-19-22-25-26-27-30-33-36-39-42-45-52(56)61-50(43-40-37-34-31-28-23-20-17-14-11-8-2)49(48-60-62(57,58)59-47-46-54(4,5)6)53-51(55)44-41-38-35-32-29-24-21-18-15-12-9-3/h10,13,18-19,21-22,26-27,40,43,49-50H,7-9,11-12,14-17,20,23-25,28-39,41-42,44-48H2,1-6H3,(H-,53,55,57,58)/p+1/b13-10+,21-18-,22-19+,27-26+,43-40+. The zero-order valence-electron chi connectivity index (χ0n) is 40.8. The van der Waals surface area contributed by atoms with Gasteiger partial charge in [-0.1, -0.05) is 172 Å². The molecule has 0 heterocycles. The van der Waals surface area contributed by atoms with E-state index in [2.05, 4.69) is 74.7 Å². The molecule has 62 heavy (non-hydrogen) atoms. The van der Waals surface area contributed by atoms with E-state index in [1.807, 2.05) is 33.3 Å². The minimum absolute atomic E-state index is 0.0331. The Balaban J connectivity index is 5.49. The number of carbonyl (C=O) groups is 2. The van der Waals surface area contributed by atoms with Gasteiger partial charge < -0.3 is 19.4 Å². The lowest BCUT2D eigenvalue weighted by molar-refractivity contribution is -0.870. The monoisotopic (exact) mass is 892 g/mol. The van der Waals surface area contributed by atoms with Crippen LogP contribution in [-0.2, 0) is 27.9 Å². The summed E-state index contributed by atoms with van der Waals surface area (Å²) in [6.45, 7) is 6.80. The fourth-order valence-corrected chi connectivity index (χ4v) is 7.49. The van der Waals surface area contributed by atoms with Gasteiger partial charge in [0.1, 0.15) is 19.3 Å². The highest BCUT2D eigenvalue weighted by molar-refractivity contribution is 7.47. The van der Waals surface area contributed by atoms with E-state index in [-0.39, 0.29) is 31.5 Å². The number of likely N-dealkylation sites (N-methyl/N-ethyl adjacent to an activating group) is 1. The SMILES string of the molecule is CC/C=C/C/C=C/C/C=C/CCCCCCC(=O)OC(/C=C/CCCCCCCCCCC)C(COP(=O)(O)OCC[N+](C)(C)C)NC(=O)CCCCCCC/C=C\CCCC. The van der Waals surface area contributed by atoms with Gasteiger partial charge >= 0.3 is 13.8 Å². The Morgan fingerprint density at radius 1 is 0.581 bits per heavy atom. The van der Waals surface area contributed by atoms with Crippen LogP contribution in [0.3, 0.4) is 0 Å². The smallest absolute Gasteiger partial charge is 0.456 e. The van der Waals surface area contributed by atoms with E-state index in [4.69, 9.17) is 13.8 Å². The molecule has 0 spiro atoms. The van der Waals surface area contributed by atoms with E-state index in [0.29, 0.717) is 23.9 Å². The van der Waals surface area contributed by atoms with Crippen molar-refractivity contribution in [2.75, 3.05) is 40.9 Å². The zero-order valence-corrected chi connectivity index (χ0v) is 41.7. The van der Waals surface area contributed by atoms with E-state index in [1.54, 1.807) is 0 Å². The first-order valence-electron chi connectivity index (χ1n) is 25.1. The molecule has 0 aromatic rings. The molecule has 1 amide bonds. The summed E-state index contributed by atoms with van der Waals surface area (Å²) in [5.41, 5.74) is 0. The highest BCUT2D eigenvalue weighted by Crippen LogP contribution is 2.43. The van der Waals surface area contributed by atoms with Gasteiger partial charge in [-0.15, -0.1) is 0 Å². The summed E-state index contributed by atoms with van der Waals surface area (Å²) < 4.78 is 30.4. The van der Waals surface area contributed by atoms with E-state index < -0.39 is 20.0 Å². The second-order valence-electron chi connectivity index (χ2n) is 18.0. The summed E-state index contributed by atoms with van der Waals surface area (Å²) in [5.74, 6) is -0.548. The van der Waals surface area contributed by atoms with Crippen LogP contribution in [0.5, 0.6) is 0 Å². The molecule has 10 heteroatoms. The average Bonchev–Trinajstić information content (AvgIpc) is 3.22. The number of nitrogens with one attached hydrogen (secondary N) is 1. The maximum absolute atomic E-state index is 13.4. The first-order valence-corrected chi connectivity index (χ1v) is 26.6. The van der Waals surface area contributed by atoms with Crippen molar-refractivity contribution in [2.45, 2.75) is 219 Å². The molecule has 0 saturated carbocycles. The van der Waals surface area contributed by atoms with Crippen LogP contribution < -0.4 is 5.32 Å². The minimum atomic E-state index is -4.44. The lowest BCUT2D eigenvalue weighted by atomic mass is 10.1. The van der Waals surface area contributed by atoms with Crippen molar-refractivity contribution in [1.29, 1.82) is 0 Å². The highest BCUT2D eigenvalue weighted by Gasteiger charge is 2.30. The third-order valence-electron chi connectivity index (χ3n) is 10.7. The van der Waals surface area contributed by atoms with E-state index in [9.17, 15) is 19.0 Å². The summed E-state index contributed by atoms with van der Waals surface area (Å²) >= 11 is 0. The van der Waals surface area contributed by atoms with Gasteiger partial charge in [-0.2, -0.15) is 0 Å². The Bertz CT molecular complexity index is 1260. The molecule has 3 atom stereocenters. The van der Waals surface area contributed by atoms with Crippen molar-refractivity contribution < 1.29 is 37.3 Å². The topological polar surface area (TPSA) is 111 Å². The number of phosphoric acid groups is 1. The van der Waals surface area contributed by atoms with Gasteiger partial charge in [0.05, 0.1) is 33.8 Å². The lowest BCUT2D eigenvalue weighted by Crippen LogP contribution is -2.47. The Labute approximate surface area is 381 Å². The zero-order chi connectivity index (χ0) is 45.8. The maximum atomic E-state index is 13.4. The van der Waals surface area contributed by atoms with Crippen LogP contribution in [0.2, 0.25) is 0 Å². The van der Waals surface area contributed by atoms with Crippen molar-refractivity contribution in [2.24, 2.45) is 0 Å². The first-order chi connectivity index (χ1) is 29.9. The van der Waals surface area contributed by atoms with Crippen LogP contribution in [-0.4, -0.2) is 74.3 Å². The number of quaternary nitrogens is 1. The molecule has 3 unspecified atom stereocenters. The third-order valence-corrected chi connectivity index (χ3v) is 11.7. The molecule has 0 aromatic heterocycles. The number of hydrogen-bond acceptors (Lipinski definition) is 6. The van der Waals surface area contributed by atoms with Crippen molar-refractivity contribution in [3.05, 3.63) is 60.8 Å². The van der Waals surface area contributed by atoms with Crippen molar-refractivity contribution >= 4 is 19.7 Å². The fourth-order valence-electron chi connectivity index (χ4n) is 6.76. The average molecular weight is 892 g/mol. The molecule has 0 aliphatic carbocycles. The Kier molecular flexibility index (Phi) is 41.1. The fraction of sp³-hybridized carbons (Fsp3) is 0.769. The minimum Gasteiger partial charge on any atom is -0.456 e. The Morgan fingerprint density at radius 2 is 1.05 bits per heavy atom. The predicted molar refractivity (Wildman–Crippen MR) is 263 cm³/mol. The van der Waals surface area contributed by atoms with Crippen LogP contribution in [0.25, 0.3) is 0 Å². The third kappa shape index (κ3) is 43.0. The number of nitrogens with zero attached hydrogens (tertiary/aromatic N) is 1. The second-order valence-corrected chi connectivity index (χ2v) is 19.4. The number of phosphoric ester groups is 1. The number of hydrogen-bond donors (Lipinski definition) is 2. The number of carbonyl (C=O) groups excluding carboxylic acids is 2. The molecular formula is C52H96N2O7P+. The normalized spacial score (nSPS) is 14.5. The van der Waals surface area contributed by atoms with Gasteiger partial charge in [-0.05, 0) is 83.1 Å². The molecule has 0 rings (SSSR count). The maximum Gasteiger partial charge on any atom is 0.472 e. The molecular weight excluding hydrogens is 796 g/mol. The first kappa shape index (κ1) is 59.7. The molecule has 2 N–H and O–H groups in total. The number of esters is 1. The summed E-state index contributed by atoms with van der Waals surface area (Å²) in [5, 5.41) is 3.01. The summed E-state index contributed by atoms with van der Waals surface area (Å²) in [7, 11) is 1.47. The van der Waals surface area contributed by atoms with Crippen LogP contribution in [0.15, 0.2) is 60.8 Å². The number of rotatable bonds is 44.